The predicted octanol–water partition coefficient (Wildman–Crippen LogP) is 1.89. The molecule has 6 heteroatoms. The number of fused-ring (bicyclic) bond motifs is 1. The van der Waals surface area contributed by atoms with Gasteiger partial charge in [0.2, 0.25) is 15.9 Å². The van der Waals surface area contributed by atoms with Crippen LogP contribution in [0.5, 0.6) is 0 Å². The Balaban J connectivity index is 1.52. The van der Waals surface area contributed by atoms with Gasteiger partial charge in [0.25, 0.3) is 0 Å². The van der Waals surface area contributed by atoms with Crippen LogP contribution in [-0.4, -0.2) is 44.5 Å². The van der Waals surface area contributed by atoms with Crippen molar-refractivity contribution in [2.45, 2.75) is 38.0 Å². The fraction of sp³-hybridized carbons (Fsp3) is 0.611. The van der Waals surface area contributed by atoms with E-state index in [4.69, 9.17) is 0 Å². The minimum Gasteiger partial charge on any atom is -0.355 e. The summed E-state index contributed by atoms with van der Waals surface area (Å²) in [5, 5.41) is 3.11. The number of nitrogens with one attached hydrogen (secondary N) is 1. The van der Waals surface area contributed by atoms with Crippen molar-refractivity contribution < 1.29 is 13.2 Å². The van der Waals surface area contributed by atoms with Gasteiger partial charge in [-0.3, -0.25) is 4.79 Å². The lowest BCUT2D eigenvalue weighted by molar-refractivity contribution is -0.126. The Labute approximate surface area is 144 Å². The van der Waals surface area contributed by atoms with E-state index in [9.17, 15) is 13.2 Å². The van der Waals surface area contributed by atoms with Crippen molar-refractivity contribution in [3.8, 4) is 0 Å². The molecule has 0 spiro atoms. The standard InChI is InChI=1S/C18H26N2O3S/c1-24(22,23)20-11-9-15(10-12-20)18(21)19-13-16-7-4-6-14-5-2-3-8-17(14)16/h2-3,5,8,15-16H,4,6-7,9-13H2,1H3,(H,19,21). The van der Waals surface area contributed by atoms with Crippen LogP contribution in [0.2, 0.25) is 0 Å². The van der Waals surface area contributed by atoms with Crippen molar-refractivity contribution >= 4 is 15.9 Å². The Morgan fingerprint density at radius 1 is 1.21 bits per heavy atom. The second-order valence-corrected chi connectivity index (χ2v) is 8.95. The minimum atomic E-state index is -3.14. The maximum absolute atomic E-state index is 12.4. The molecule has 3 rings (SSSR count). The summed E-state index contributed by atoms with van der Waals surface area (Å²) < 4.78 is 24.5. The average molecular weight is 350 g/mol. The number of carbonyl (C=O) groups is 1. The molecular formula is C18H26N2O3S. The molecule has 1 aliphatic carbocycles. The molecule has 1 saturated heterocycles. The smallest absolute Gasteiger partial charge is 0.223 e. The summed E-state index contributed by atoms with van der Waals surface area (Å²) in [4.78, 5) is 12.4. The van der Waals surface area contributed by atoms with Crippen molar-refractivity contribution in [2.75, 3.05) is 25.9 Å². The predicted molar refractivity (Wildman–Crippen MR) is 94.3 cm³/mol. The fourth-order valence-electron chi connectivity index (χ4n) is 3.88. The van der Waals surface area contributed by atoms with Crippen molar-refractivity contribution in [3.05, 3.63) is 35.4 Å². The molecule has 1 heterocycles. The third-order valence-electron chi connectivity index (χ3n) is 5.31. The normalized spacial score (nSPS) is 22.8. The van der Waals surface area contributed by atoms with Crippen LogP contribution in [0.25, 0.3) is 0 Å². The van der Waals surface area contributed by atoms with E-state index in [1.54, 1.807) is 0 Å². The minimum absolute atomic E-state index is 0.0677. The average Bonchev–Trinajstić information content (AvgIpc) is 2.59. The highest BCUT2D eigenvalue weighted by Gasteiger charge is 2.29. The molecule has 24 heavy (non-hydrogen) atoms. The van der Waals surface area contributed by atoms with E-state index in [0.29, 0.717) is 38.4 Å². The van der Waals surface area contributed by atoms with E-state index in [1.165, 1.54) is 28.1 Å². The summed E-state index contributed by atoms with van der Waals surface area (Å²) in [5.41, 5.74) is 2.78. The van der Waals surface area contributed by atoms with E-state index in [-0.39, 0.29) is 11.8 Å². The number of hydrogen-bond donors (Lipinski definition) is 1. The van der Waals surface area contributed by atoms with Crippen LogP contribution in [0.3, 0.4) is 0 Å². The van der Waals surface area contributed by atoms with Gasteiger partial charge in [-0.15, -0.1) is 0 Å². The summed E-state index contributed by atoms with van der Waals surface area (Å²) in [7, 11) is -3.14. The maximum Gasteiger partial charge on any atom is 0.223 e. The molecule has 1 aromatic carbocycles. The summed E-state index contributed by atoms with van der Waals surface area (Å²) >= 11 is 0. The number of carbonyl (C=O) groups excluding carboxylic acids is 1. The van der Waals surface area contributed by atoms with E-state index < -0.39 is 10.0 Å². The van der Waals surface area contributed by atoms with Gasteiger partial charge in [0.1, 0.15) is 0 Å². The first kappa shape index (κ1) is 17.4. The number of piperidine rings is 1. The van der Waals surface area contributed by atoms with Gasteiger partial charge < -0.3 is 5.32 Å². The number of aryl methyl sites for hydroxylation is 1. The first-order valence-electron chi connectivity index (χ1n) is 8.76. The molecule has 1 aromatic rings. The number of benzene rings is 1. The number of sulfonamides is 1. The quantitative estimate of drug-likeness (QED) is 0.902. The van der Waals surface area contributed by atoms with E-state index in [2.05, 4.69) is 29.6 Å². The molecule has 132 valence electrons. The molecule has 0 aromatic heterocycles. The van der Waals surface area contributed by atoms with Crippen LogP contribution in [-0.2, 0) is 21.2 Å². The highest BCUT2D eigenvalue weighted by Crippen LogP contribution is 2.31. The Hall–Kier alpha value is -1.40. The summed E-state index contributed by atoms with van der Waals surface area (Å²) in [6.45, 7) is 1.58. The van der Waals surface area contributed by atoms with Crippen LogP contribution in [0.4, 0.5) is 0 Å². The maximum atomic E-state index is 12.4. The van der Waals surface area contributed by atoms with Gasteiger partial charge in [-0.25, -0.2) is 12.7 Å². The number of rotatable bonds is 4. The molecule has 1 unspecified atom stereocenters. The summed E-state index contributed by atoms with van der Waals surface area (Å²) in [6, 6.07) is 8.51. The molecule has 1 N–H and O–H groups in total. The Morgan fingerprint density at radius 3 is 2.62 bits per heavy atom. The van der Waals surface area contributed by atoms with E-state index >= 15 is 0 Å². The lowest BCUT2D eigenvalue weighted by atomic mass is 9.82. The topological polar surface area (TPSA) is 66.5 Å². The van der Waals surface area contributed by atoms with Crippen LogP contribution >= 0.6 is 0 Å². The van der Waals surface area contributed by atoms with Gasteiger partial charge in [-0.1, -0.05) is 24.3 Å². The molecule has 2 aliphatic rings. The zero-order chi connectivity index (χ0) is 17.2. The zero-order valence-corrected chi connectivity index (χ0v) is 15.0. The second kappa shape index (κ2) is 7.23. The SMILES string of the molecule is CS(=O)(=O)N1CCC(C(=O)NCC2CCCc3ccccc32)CC1. The number of amides is 1. The molecule has 0 radical (unpaired) electrons. The molecule has 1 fully saturated rings. The van der Waals surface area contributed by atoms with Crippen LogP contribution in [0.1, 0.15) is 42.7 Å². The van der Waals surface area contributed by atoms with Crippen molar-refractivity contribution in [1.29, 1.82) is 0 Å². The number of nitrogens with zero attached hydrogens (tertiary/aromatic N) is 1. The van der Waals surface area contributed by atoms with Crippen molar-refractivity contribution in [1.82, 2.24) is 9.62 Å². The van der Waals surface area contributed by atoms with Gasteiger partial charge in [0.05, 0.1) is 6.26 Å². The Kier molecular flexibility index (Phi) is 5.25. The third kappa shape index (κ3) is 3.98. The summed E-state index contributed by atoms with van der Waals surface area (Å²) in [6.07, 6.45) is 5.87. The first-order chi connectivity index (χ1) is 11.4. The van der Waals surface area contributed by atoms with Gasteiger partial charge >= 0.3 is 0 Å². The van der Waals surface area contributed by atoms with Crippen molar-refractivity contribution in [3.63, 3.8) is 0 Å². The van der Waals surface area contributed by atoms with Crippen molar-refractivity contribution in [2.24, 2.45) is 5.92 Å². The van der Waals surface area contributed by atoms with Gasteiger partial charge in [0.15, 0.2) is 0 Å². The van der Waals surface area contributed by atoms with Crippen LogP contribution < -0.4 is 5.32 Å². The lowest BCUT2D eigenvalue weighted by Gasteiger charge is -2.30. The van der Waals surface area contributed by atoms with Crippen LogP contribution in [0, 0.1) is 5.92 Å². The molecular weight excluding hydrogens is 324 g/mol. The van der Waals surface area contributed by atoms with Crippen LogP contribution in [0.15, 0.2) is 24.3 Å². The molecule has 1 amide bonds. The molecule has 1 atom stereocenters. The fourth-order valence-corrected chi connectivity index (χ4v) is 4.76. The third-order valence-corrected chi connectivity index (χ3v) is 6.61. The largest absolute Gasteiger partial charge is 0.355 e. The highest BCUT2D eigenvalue weighted by molar-refractivity contribution is 7.88. The first-order valence-corrected chi connectivity index (χ1v) is 10.6. The van der Waals surface area contributed by atoms with E-state index in [1.807, 2.05) is 0 Å². The lowest BCUT2D eigenvalue weighted by Crippen LogP contribution is -2.43. The van der Waals surface area contributed by atoms with Gasteiger partial charge in [0, 0.05) is 31.5 Å². The summed E-state index contributed by atoms with van der Waals surface area (Å²) in [5.74, 6) is 0.406. The van der Waals surface area contributed by atoms with Gasteiger partial charge in [-0.2, -0.15) is 0 Å². The van der Waals surface area contributed by atoms with Gasteiger partial charge in [-0.05, 0) is 43.2 Å². The molecule has 5 nitrogen and oxygen atoms in total. The van der Waals surface area contributed by atoms with E-state index in [0.717, 1.165) is 12.8 Å². The zero-order valence-electron chi connectivity index (χ0n) is 14.2. The molecule has 0 saturated carbocycles. The number of hydrogen-bond acceptors (Lipinski definition) is 3. The Morgan fingerprint density at radius 2 is 1.92 bits per heavy atom. The second-order valence-electron chi connectivity index (χ2n) is 6.97. The Bertz CT molecular complexity index is 694. The monoisotopic (exact) mass is 350 g/mol. The molecule has 1 aliphatic heterocycles. The molecule has 0 bridgehead atoms. The highest BCUT2D eigenvalue weighted by atomic mass is 32.2.